The number of ether oxygens (including phenoxy) is 1. The maximum absolute atomic E-state index is 13.5. The van der Waals surface area contributed by atoms with Crippen molar-refractivity contribution in [1.82, 2.24) is 5.32 Å². The normalized spacial score (nSPS) is 17.8. The second-order valence-electron chi connectivity index (χ2n) is 7.12. The number of amides is 1. The maximum atomic E-state index is 13.5. The SMILES string of the molecule is C[C@@H](NCC1CN(c2cccc(F)c2)C(=O)CO1)c1cccc2ccccc12.Cl. The second kappa shape index (κ2) is 9.35. The molecular weight excluding hydrogens is 391 g/mol. The van der Waals surface area contributed by atoms with Crippen LogP contribution in [0.2, 0.25) is 0 Å². The Kier molecular flexibility index (Phi) is 6.85. The highest BCUT2D eigenvalue weighted by Gasteiger charge is 2.28. The summed E-state index contributed by atoms with van der Waals surface area (Å²) in [6.07, 6.45) is -0.154. The molecule has 2 atom stereocenters. The zero-order chi connectivity index (χ0) is 19.5. The highest BCUT2D eigenvalue weighted by Crippen LogP contribution is 2.24. The van der Waals surface area contributed by atoms with Crippen LogP contribution >= 0.6 is 12.4 Å². The summed E-state index contributed by atoms with van der Waals surface area (Å²) in [6.45, 7) is 3.13. The van der Waals surface area contributed by atoms with Gasteiger partial charge in [-0.2, -0.15) is 0 Å². The lowest BCUT2D eigenvalue weighted by molar-refractivity contribution is -0.129. The first-order chi connectivity index (χ1) is 13.6. The summed E-state index contributed by atoms with van der Waals surface area (Å²) in [5.74, 6) is -0.500. The van der Waals surface area contributed by atoms with Gasteiger partial charge in [0.05, 0.1) is 12.6 Å². The van der Waals surface area contributed by atoms with Gasteiger partial charge in [-0.3, -0.25) is 4.79 Å². The molecule has 1 saturated heterocycles. The van der Waals surface area contributed by atoms with Crippen LogP contribution in [-0.4, -0.2) is 31.7 Å². The minimum atomic E-state index is -0.351. The summed E-state index contributed by atoms with van der Waals surface area (Å²) in [5.41, 5.74) is 1.80. The highest BCUT2D eigenvalue weighted by molar-refractivity contribution is 5.95. The Morgan fingerprint density at radius 3 is 2.72 bits per heavy atom. The summed E-state index contributed by atoms with van der Waals surface area (Å²) in [4.78, 5) is 13.8. The molecule has 4 rings (SSSR count). The largest absolute Gasteiger partial charge is 0.365 e. The van der Waals surface area contributed by atoms with Crippen molar-refractivity contribution in [3.05, 3.63) is 78.1 Å². The molecule has 3 aromatic rings. The number of carbonyl (C=O) groups is 1. The topological polar surface area (TPSA) is 41.6 Å². The molecule has 29 heavy (non-hydrogen) atoms. The van der Waals surface area contributed by atoms with Crippen LogP contribution < -0.4 is 10.2 Å². The third-order valence-corrected chi connectivity index (χ3v) is 5.19. The van der Waals surface area contributed by atoms with Crippen molar-refractivity contribution in [1.29, 1.82) is 0 Å². The zero-order valence-electron chi connectivity index (χ0n) is 16.2. The molecule has 0 spiro atoms. The average Bonchev–Trinajstić information content (AvgIpc) is 2.72. The Labute approximate surface area is 176 Å². The smallest absolute Gasteiger partial charge is 0.253 e. The van der Waals surface area contributed by atoms with Gasteiger partial charge in [-0.05, 0) is 41.5 Å². The number of morpholine rings is 1. The Hall–Kier alpha value is -2.47. The Morgan fingerprint density at radius 2 is 1.90 bits per heavy atom. The van der Waals surface area contributed by atoms with Crippen molar-refractivity contribution in [2.45, 2.75) is 19.1 Å². The van der Waals surface area contributed by atoms with E-state index in [0.717, 1.165) is 0 Å². The number of carbonyl (C=O) groups excluding carboxylic acids is 1. The fraction of sp³-hybridized carbons (Fsp3) is 0.261. The molecule has 1 N–H and O–H groups in total. The molecule has 0 radical (unpaired) electrons. The van der Waals surface area contributed by atoms with Crippen LogP contribution in [0.5, 0.6) is 0 Å². The van der Waals surface area contributed by atoms with Gasteiger partial charge in [0.1, 0.15) is 12.4 Å². The number of nitrogens with zero attached hydrogens (tertiary/aromatic N) is 1. The van der Waals surface area contributed by atoms with Gasteiger partial charge in [0.25, 0.3) is 5.91 Å². The Balaban J connectivity index is 0.00000240. The third-order valence-electron chi connectivity index (χ3n) is 5.19. The molecule has 152 valence electrons. The predicted molar refractivity (Wildman–Crippen MR) is 116 cm³/mol. The minimum absolute atomic E-state index is 0. The molecule has 1 unspecified atom stereocenters. The van der Waals surface area contributed by atoms with E-state index in [2.05, 4.69) is 42.6 Å². The van der Waals surface area contributed by atoms with E-state index >= 15 is 0 Å². The molecule has 0 aliphatic carbocycles. The minimum Gasteiger partial charge on any atom is -0.365 e. The molecule has 1 amide bonds. The molecule has 1 aliphatic heterocycles. The molecule has 6 heteroatoms. The van der Waals surface area contributed by atoms with Crippen LogP contribution in [0.3, 0.4) is 0 Å². The van der Waals surface area contributed by atoms with E-state index in [1.165, 1.54) is 28.5 Å². The lowest BCUT2D eigenvalue weighted by Crippen LogP contribution is -2.50. The highest BCUT2D eigenvalue weighted by atomic mass is 35.5. The van der Waals surface area contributed by atoms with E-state index in [4.69, 9.17) is 4.74 Å². The predicted octanol–water partition coefficient (Wildman–Crippen LogP) is 4.48. The first-order valence-corrected chi connectivity index (χ1v) is 9.50. The lowest BCUT2D eigenvalue weighted by Gasteiger charge is -2.33. The number of hydrogen-bond acceptors (Lipinski definition) is 3. The number of halogens is 2. The Bertz CT molecular complexity index is 992. The van der Waals surface area contributed by atoms with E-state index in [1.54, 1.807) is 17.0 Å². The van der Waals surface area contributed by atoms with E-state index < -0.39 is 0 Å². The van der Waals surface area contributed by atoms with E-state index in [1.807, 2.05) is 12.1 Å². The molecule has 0 aromatic heterocycles. The van der Waals surface area contributed by atoms with Crippen molar-refractivity contribution in [2.24, 2.45) is 0 Å². The number of fused-ring (bicyclic) bond motifs is 1. The lowest BCUT2D eigenvalue weighted by atomic mass is 9.99. The van der Waals surface area contributed by atoms with Crippen molar-refractivity contribution < 1.29 is 13.9 Å². The van der Waals surface area contributed by atoms with Gasteiger partial charge in [-0.25, -0.2) is 4.39 Å². The van der Waals surface area contributed by atoms with Gasteiger partial charge in [0.15, 0.2) is 0 Å². The summed E-state index contributed by atoms with van der Waals surface area (Å²) < 4.78 is 19.2. The summed E-state index contributed by atoms with van der Waals surface area (Å²) >= 11 is 0. The van der Waals surface area contributed by atoms with Crippen LogP contribution in [0.25, 0.3) is 10.8 Å². The van der Waals surface area contributed by atoms with Gasteiger partial charge in [0, 0.05) is 18.3 Å². The van der Waals surface area contributed by atoms with Crippen molar-refractivity contribution in [2.75, 3.05) is 24.6 Å². The van der Waals surface area contributed by atoms with Crippen LogP contribution in [0.4, 0.5) is 10.1 Å². The van der Waals surface area contributed by atoms with Crippen LogP contribution in [0, 0.1) is 5.82 Å². The number of rotatable bonds is 5. The second-order valence-corrected chi connectivity index (χ2v) is 7.12. The first kappa shape index (κ1) is 21.2. The molecule has 0 saturated carbocycles. The standard InChI is InChI=1S/C23H23FN2O2.ClH/c1-16(21-11-4-7-17-6-2-3-10-22(17)21)25-13-20-14-26(23(27)15-28-20)19-9-5-8-18(24)12-19;/h2-12,16,20,25H,13-15H2,1H3;1H/t16-,20?;/m1./s1. The number of nitrogens with one attached hydrogen (secondary N) is 1. The molecule has 4 nitrogen and oxygen atoms in total. The van der Waals surface area contributed by atoms with Gasteiger partial charge in [0.2, 0.25) is 0 Å². The summed E-state index contributed by atoms with van der Waals surface area (Å²) in [7, 11) is 0. The fourth-order valence-electron chi connectivity index (χ4n) is 3.69. The number of hydrogen-bond donors (Lipinski definition) is 1. The van der Waals surface area contributed by atoms with Gasteiger partial charge < -0.3 is 15.0 Å². The molecule has 1 aliphatic rings. The molecule has 1 fully saturated rings. The van der Waals surface area contributed by atoms with E-state index in [0.29, 0.717) is 18.8 Å². The molecule has 1 heterocycles. The van der Waals surface area contributed by atoms with E-state index in [-0.39, 0.29) is 42.9 Å². The van der Waals surface area contributed by atoms with Crippen LogP contribution in [0.15, 0.2) is 66.7 Å². The van der Waals surface area contributed by atoms with Crippen LogP contribution in [0.1, 0.15) is 18.5 Å². The molecular formula is C23H24ClFN2O2. The fourth-order valence-corrected chi connectivity index (χ4v) is 3.69. The monoisotopic (exact) mass is 414 g/mol. The van der Waals surface area contributed by atoms with Gasteiger partial charge in [-0.1, -0.05) is 48.5 Å². The van der Waals surface area contributed by atoms with Crippen molar-refractivity contribution >= 4 is 34.8 Å². The number of benzene rings is 3. The van der Waals surface area contributed by atoms with Crippen molar-refractivity contribution in [3.8, 4) is 0 Å². The first-order valence-electron chi connectivity index (χ1n) is 9.50. The molecule has 3 aromatic carbocycles. The molecule has 0 bridgehead atoms. The third kappa shape index (κ3) is 4.75. The quantitative estimate of drug-likeness (QED) is 0.669. The Morgan fingerprint density at radius 1 is 1.14 bits per heavy atom. The summed E-state index contributed by atoms with van der Waals surface area (Å²) in [5, 5.41) is 5.96. The van der Waals surface area contributed by atoms with Crippen molar-refractivity contribution in [3.63, 3.8) is 0 Å². The van der Waals surface area contributed by atoms with E-state index in [9.17, 15) is 9.18 Å². The zero-order valence-corrected chi connectivity index (χ0v) is 17.0. The number of anilines is 1. The maximum Gasteiger partial charge on any atom is 0.253 e. The summed E-state index contributed by atoms with van der Waals surface area (Å²) in [6, 6.07) is 20.9. The average molecular weight is 415 g/mol. The van der Waals surface area contributed by atoms with Crippen LogP contribution in [-0.2, 0) is 9.53 Å². The van der Waals surface area contributed by atoms with Gasteiger partial charge >= 0.3 is 0 Å². The van der Waals surface area contributed by atoms with Gasteiger partial charge in [-0.15, -0.1) is 12.4 Å².